The first kappa shape index (κ1) is 23.8. The molecule has 0 saturated carbocycles. The summed E-state index contributed by atoms with van der Waals surface area (Å²) in [5.41, 5.74) is 4.64. The number of piperidine rings is 1. The van der Waals surface area contributed by atoms with Crippen molar-refractivity contribution >= 4 is 18.0 Å². The van der Waals surface area contributed by atoms with Gasteiger partial charge in [0.25, 0.3) is 0 Å². The van der Waals surface area contributed by atoms with Gasteiger partial charge in [-0.2, -0.15) is 0 Å². The molecule has 2 N–H and O–H groups in total. The minimum atomic E-state index is -0.877. The normalized spacial score (nSPS) is 19.3. The first-order valence-electron chi connectivity index (χ1n) is 11.6. The van der Waals surface area contributed by atoms with Crippen LogP contribution in [0.2, 0.25) is 0 Å². The van der Waals surface area contributed by atoms with Gasteiger partial charge in [-0.15, -0.1) is 0 Å². The zero-order valence-corrected chi connectivity index (χ0v) is 19.2. The number of carboxylic acids is 1. The van der Waals surface area contributed by atoms with Gasteiger partial charge in [0.15, 0.2) is 0 Å². The second-order valence-corrected chi connectivity index (χ2v) is 8.98. The number of amides is 2. The molecule has 0 aromatic heterocycles. The molecule has 34 heavy (non-hydrogen) atoms. The predicted molar refractivity (Wildman–Crippen MR) is 125 cm³/mol. The molecule has 1 aliphatic carbocycles. The van der Waals surface area contributed by atoms with E-state index in [1.165, 1.54) is 11.1 Å². The van der Waals surface area contributed by atoms with Crippen LogP contribution in [0.1, 0.15) is 30.4 Å². The minimum Gasteiger partial charge on any atom is -0.481 e. The Hall–Kier alpha value is -3.39. The molecule has 0 bridgehead atoms. The van der Waals surface area contributed by atoms with Crippen LogP contribution in [-0.4, -0.2) is 67.4 Å². The molecule has 0 spiro atoms. The number of carbonyl (C=O) groups excluding carboxylic acids is 2. The molecule has 2 aromatic carbocycles. The molecule has 1 aliphatic heterocycles. The summed E-state index contributed by atoms with van der Waals surface area (Å²) in [4.78, 5) is 37.4. The molecular formula is C26H30N2O6. The number of nitrogens with zero attached hydrogens (tertiary/aromatic N) is 1. The molecule has 4 rings (SSSR count). The van der Waals surface area contributed by atoms with Gasteiger partial charge in [0.05, 0.1) is 12.5 Å². The Labute approximate surface area is 198 Å². The van der Waals surface area contributed by atoms with Crippen molar-refractivity contribution in [3.63, 3.8) is 0 Å². The molecule has 2 atom stereocenters. The zero-order valence-electron chi connectivity index (χ0n) is 19.2. The average molecular weight is 467 g/mol. The van der Waals surface area contributed by atoms with Crippen molar-refractivity contribution in [2.75, 3.05) is 39.5 Å². The molecule has 2 aromatic rings. The predicted octanol–water partition coefficient (Wildman–Crippen LogP) is 3.11. The third kappa shape index (κ3) is 5.39. The number of alkyl carbamates (subject to hydrolysis) is 1. The summed E-state index contributed by atoms with van der Waals surface area (Å²) in [6.45, 7) is 3.13. The lowest BCUT2D eigenvalue weighted by molar-refractivity contribution is -0.148. The third-order valence-corrected chi connectivity index (χ3v) is 6.45. The Kier molecular flexibility index (Phi) is 7.47. The standard InChI is InChI=1S/C26H30N2O6/c1-17-12-18(25(30)31)14-28(13-17)24(29)16-33-11-10-27-26(32)34-15-23-21-8-4-2-6-19(21)20-7-3-5-9-22(20)23/h2-9,17-18,23H,10-16H2,1H3,(H,27,32)(H,30,31). The van der Waals surface area contributed by atoms with Crippen molar-refractivity contribution in [1.29, 1.82) is 0 Å². The maximum atomic E-state index is 12.4. The lowest BCUT2D eigenvalue weighted by atomic mass is 9.90. The molecule has 1 fully saturated rings. The van der Waals surface area contributed by atoms with E-state index >= 15 is 0 Å². The van der Waals surface area contributed by atoms with Crippen LogP contribution in [-0.2, 0) is 19.1 Å². The molecular weight excluding hydrogens is 436 g/mol. The highest BCUT2D eigenvalue weighted by Gasteiger charge is 2.32. The van der Waals surface area contributed by atoms with Gasteiger partial charge in [-0.05, 0) is 34.6 Å². The summed E-state index contributed by atoms with van der Waals surface area (Å²) in [7, 11) is 0. The van der Waals surface area contributed by atoms with Crippen LogP contribution >= 0.6 is 0 Å². The number of nitrogens with one attached hydrogen (secondary N) is 1. The SMILES string of the molecule is CC1CC(C(=O)O)CN(C(=O)COCCNC(=O)OCC2c3ccccc3-c3ccccc32)C1. The zero-order chi connectivity index (χ0) is 24.1. The van der Waals surface area contributed by atoms with Gasteiger partial charge in [-0.3, -0.25) is 9.59 Å². The quantitative estimate of drug-likeness (QED) is 0.579. The van der Waals surface area contributed by atoms with Gasteiger partial charge in [0.1, 0.15) is 13.2 Å². The average Bonchev–Trinajstić information content (AvgIpc) is 3.15. The van der Waals surface area contributed by atoms with E-state index in [0.717, 1.165) is 11.1 Å². The Morgan fingerprint density at radius 2 is 1.68 bits per heavy atom. The molecule has 180 valence electrons. The fourth-order valence-corrected chi connectivity index (χ4v) is 4.86. The van der Waals surface area contributed by atoms with Crippen LogP contribution in [0.15, 0.2) is 48.5 Å². The summed E-state index contributed by atoms with van der Waals surface area (Å²) < 4.78 is 10.9. The summed E-state index contributed by atoms with van der Waals surface area (Å²) in [5, 5.41) is 11.9. The number of likely N-dealkylation sites (tertiary alicyclic amines) is 1. The van der Waals surface area contributed by atoms with E-state index < -0.39 is 18.0 Å². The number of hydrogen-bond donors (Lipinski definition) is 2. The summed E-state index contributed by atoms with van der Waals surface area (Å²) in [6, 6.07) is 16.3. The van der Waals surface area contributed by atoms with Gasteiger partial charge in [-0.25, -0.2) is 4.79 Å². The Morgan fingerprint density at radius 3 is 2.32 bits per heavy atom. The maximum Gasteiger partial charge on any atom is 0.407 e. The second-order valence-electron chi connectivity index (χ2n) is 8.98. The number of benzene rings is 2. The van der Waals surface area contributed by atoms with Gasteiger partial charge in [0.2, 0.25) is 5.91 Å². The monoisotopic (exact) mass is 466 g/mol. The first-order valence-corrected chi connectivity index (χ1v) is 11.6. The fraction of sp³-hybridized carbons (Fsp3) is 0.423. The van der Waals surface area contributed by atoms with Crippen molar-refractivity contribution in [3.8, 4) is 11.1 Å². The van der Waals surface area contributed by atoms with Crippen molar-refractivity contribution in [2.45, 2.75) is 19.3 Å². The Balaban J connectivity index is 1.17. The summed E-state index contributed by atoms with van der Waals surface area (Å²) >= 11 is 0. The van der Waals surface area contributed by atoms with E-state index in [4.69, 9.17) is 9.47 Å². The lowest BCUT2D eigenvalue weighted by Gasteiger charge is -2.34. The molecule has 8 heteroatoms. The van der Waals surface area contributed by atoms with Crippen LogP contribution in [0.5, 0.6) is 0 Å². The molecule has 2 aliphatic rings. The fourth-order valence-electron chi connectivity index (χ4n) is 4.86. The van der Waals surface area contributed by atoms with Crippen molar-refractivity contribution in [1.82, 2.24) is 10.2 Å². The van der Waals surface area contributed by atoms with Crippen molar-refractivity contribution in [2.24, 2.45) is 11.8 Å². The highest BCUT2D eigenvalue weighted by atomic mass is 16.5. The first-order chi connectivity index (χ1) is 16.4. The van der Waals surface area contributed by atoms with E-state index in [0.29, 0.717) is 13.0 Å². The molecule has 2 amide bonds. The van der Waals surface area contributed by atoms with Gasteiger partial charge >= 0.3 is 12.1 Å². The van der Waals surface area contributed by atoms with Crippen LogP contribution in [0.25, 0.3) is 11.1 Å². The summed E-state index contributed by atoms with van der Waals surface area (Å²) in [5.74, 6) is -1.53. The van der Waals surface area contributed by atoms with E-state index in [-0.39, 0.29) is 50.7 Å². The number of fused-ring (bicyclic) bond motifs is 3. The van der Waals surface area contributed by atoms with Gasteiger partial charge < -0.3 is 24.8 Å². The number of carboxylic acid groups (broad SMARTS) is 1. The lowest BCUT2D eigenvalue weighted by Crippen LogP contribution is -2.47. The number of rotatable bonds is 8. The largest absolute Gasteiger partial charge is 0.481 e. The topological polar surface area (TPSA) is 105 Å². The minimum absolute atomic E-state index is 0.00594. The Bertz CT molecular complexity index is 1010. The number of aliphatic carboxylic acids is 1. The Morgan fingerprint density at radius 1 is 1.03 bits per heavy atom. The van der Waals surface area contributed by atoms with E-state index in [1.807, 2.05) is 31.2 Å². The number of hydrogen-bond acceptors (Lipinski definition) is 5. The van der Waals surface area contributed by atoms with E-state index in [1.54, 1.807) is 4.90 Å². The summed E-state index contributed by atoms with van der Waals surface area (Å²) in [6.07, 6.45) is 0.0373. The molecule has 0 radical (unpaired) electrons. The molecule has 2 unspecified atom stereocenters. The van der Waals surface area contributed by atoms with Crippen LogP contribution in [0.4, 0.5) is 4.79 Å². The van der Waals surface area contributed by atoms with Gasteiger partial charge in [-0.1, -0.05) is 55.5 Å². The van der Waals surface area contributed by atoms with E-state index in [9.17, 15) is 19.5 Å². The number of ether oxygens (including phenoxy) is 2. The van der Waals surface area contributed by atoms with Crippen LogP contribution < -0.4 is 5.32 Å². The molecule has 1 saturated heterocycles. The van der Waals surface area contributed by atoms with Crippen molar-refractivity contribution < 1.29 is 29.0 Å². The van der Waals surface area contributed by atoms with Crippen molar-refractivity contribution in [3.05, 3.63) is 59.7 Å². The molecule has 1 heterocycles. The molecule has 8 nitrogen and oxygen atoms in total. The maximum absolute atomic E-state index is 12.4. The highest BCUT2D eigenvalue weighted by molar-refractivity contribution is 5.80. The highest BCUT2D eigenvalue weighted by Crippen LogP contribution is 2.44. The van der Waals surface area contributed by atoms with E-state index in [2.05, 4.69) is 29.6 Å². The van der Waals surface area contributed by atoms with Gasteiger partial charge in [0, 0.05) is 25.6 Å². The third-order valence-electron chi connectivity index (χ3n) is 6.45. The second kappa shape index (κ2) is 10.7. The van der Waals surface area contributed by atoms with Crippen LogP contribution in [0, 0.1) is 11.8 Å². The van der Waals surface area contributed by atoms with Crippen LogP contribution in [0.3, 0.4) is 0 Å². The smallest absolute Gasteiger partial charge is 0.407 e. The number of carbonyl (C=O) groups is 3.